The average molecular weight is 436 g/mol. The molecule has 0 aliphatic carbocycles. The summed E-state index contributed by atoms with van der Waals surface area (Å²) in [7, 11) is 4.24. The highest BCUT2D eigenvalue weighted by atomic mass is 127. The lowest BCUT2D eigenvalue weighted by molar-refractivity contribution is 0.563. The van der Waals surface area contributed by atoms with Crippen molar-refractivity contribution in [2.75, 3.05) is 25.5 Å². The predicted octanol–water partition coefficient (Wildman–Crippen LogP) is 5.53. The van der Waals surface area contributed by atoms with Gasteiger partial charge in [0, 0.05) is 23.4 Å². The Morgan fingerprint density at radius 2 is 1.79 bits per heavy atom. The summed E-state index contributed by atoms with van der Waals surface area (Å²) in [6.07, 6.45) is 3.75. The van der Waals surface area contributed by atoms with Crippen LogP contribution >= 0.6 is 22.6 Å². The number of nitrogens with one attached hydrogen (secondary N) is 1. The third-order valence-electron chi connectivity index (χ3n) is 4.40. The second-order valence-corrected chi connectivity index (χ2v) is 7.79. The molecule has 0 saturated carbocycles. The highest BCUT2D eigenvalue weighted by Crippen LogP contribution is 2.32. The van der Waals surface area contributed by atoms with E-state index in [-0.39, 0.29) is 6.04 Å². The molecule has 1 atom stereocenters. The van der Waals surface area contributed by atoms with Gasteiger partial charge in [-0.2, -0.15) is 0 Å². The topological polar surface area (TPSA) is 15.3 Å². The normalized spacial score (nSPS) is 12.2. The zero-order chi connectivity index (χ0) is 17.5. The van der Waals surface area contributed by atoms with Gasteiger partial charge in [-0.15, -0.1) is 0 Å². The van der Waals surface area contributed by atoms with E-state index in [1.807, 2.05) is 0 Å². The SMILES string of the molecule is CCCCCNC(c1ccc(I)cc1C)c1ccccc1N(C)C. The van der Waals surface area contributed by atoms with Crippen molar-refractivity contribution in [2.24, 2.45) is 0 Å². The van der Waals surface area contributed by atoms with Gasteiger partial charge < -0.3 is 10.2 Å². The summed E-state index contributed by atoms with van der Waals surface area (Å²) < 4.78 is 1.29. The number of hydrogen-bond acceptors (Lipinski definition) is 2. The van der Waals surface area contributed by atoms with Crippen LogP contribution in [0, 0.1) is 10.5 Å². The number of aryl methyl sites for hydroxylation is 1. The maximum Gasteiger partial charge on any atom is 0.0599 e. The van der Waals surface area contributed by atoms with Crippen molar-refractivity contribution >= 4 is 28.3 Å². The molecular formula is C21H29IN2. The van der Waals surface area contributed by atoms with E-state index in [4.69, 9.17) is 0 Å². The van der Waals surface area contributed by atoms with Gasteiger partial charge >= 0.3 is 0 Å². The molecule has 0 heterocycles. The highest BCUT2D eigenvalue weighted by Gasteiger charge is 2.19. The molecular weight excluding hydrogens is 407 g/mol. The number of nitrogens with zero attached hydrogens (tertiary/aromatic N) is 1. The summed E-state index contributed by atoms with van der Waals surface area (Å²) in [5.74, 6) is 0. The van der Waals surface area contributed by atoms with Gasteiger partial charge in [0.2, 0.25) is 0 Å². The van der Waals surface area contributed by atoms with Crippen LogP contribution in [0.5, 0.6) is 0 Å². The molecule has 2 rings (SSSR count). The first-order chi connectivity index (χ1) is 11.5. The van der Waals surface area contributed by atoms with Crippen LogP contribution in [0.4, 0.5) is 5.69 Å². The summed E-state index contributed by atoms with van der Waals surface area (Å²) >= 11 is 2.39. The maximum absolute atomic E-state index is 3.81. The summed E-state index contributed by atoms with van der Waals surface area (Å²) in [4.78, 5) is 2.21. The van der Waals surface area contributed by atoms with Crippen LogP contribution in [-0.2, 0) is 0 Å². The molecule has 0 aliphatic rings. The Labute approximate surface area is 160 Å². The molecule has 3 heteroatoms. The first-order valence-corrected chi connectivity index (χ1v) is 9.88. The van der Waals surface area contributed by atoms with E-state index in [1.165, 1.54) is 45.2 Å². The number of benzene rings is 2. The van der Waals surface area contributed by atoms with Crippen molar-refractivity contribution < 1.29 is 0 Å². The van der Waals surface area contributed by atoms with Gasteiger partial charge in [0.15, 0.2) is 0 Å². The second kappa shape index (κ2) is 9.42. The van der Waals surface area contributed by atoms with Gasteiger partial charge in [0.05, 0.1) is 6.04 Å². The Morgan fingerprint density at radius 3 is 2.46 bits per heavy atom. The molecule has 0 spiro atoms. The molecule has 0 amide bonds. The monoisotopic (exact) mass is 436 g/mol. The fraction of sp³-hybridized carbons (Fsp3) is 0.429. The standard InChI is InChI=1S/C21H29IN2/c1-5-6-9-14-23-21(18-13-12-17(22)15-16(18)2)19-10-7-8-11-20(19)24(3)4/h7-8,10-13,15,21,23H,5-6,9,14H2,1-4H3. The third-order valence-corrected chi connectivity index (χ3v) is 5.07. The Hall–Kier alpha value is -1.07. The van der Waals surface area contributed by atoms with Crippen LogP contribution in [0.3, 0.4) is 0 Å². The fourth-order valence-corrected chi connectivity index (χ4v) is 3.76. The van der Waals surface area contributed by atoms with Gasteiger partial charge in [-0.05, 0) is 77.4 Å². The van der Waals surface area contributed by atoms with Crippen molar-refractivity contribution in [1.82, 2.24) is 5.32 Å². The van der Waals surface area contributed by atoms with E-state index in [0.717, 1.165) is 6.54 Å². The number of rotatable bonds is 8. The first-order valence-electron chi connectivity index (χ1n) is 8.80. The molecule has 0 aromatic heterocycles. The molecule has 2 nitrogen and oxygen atoms in total. The Bertz CT molecular complexity index is 652. The summed E-state index contributed by atoms with van der Waals surface area (Å²) in [5.41, 5.74) is 5.36. The van der Waals surface area contributed by atoms with Crippen molar-refractivity contribution in [3.8, 4) is 0 Å². The number of para-hydroxylation sites is 1. The average Bonchev–Trinajstić information content (AvgIpc) is 2.56. The first kappa shape index (κ1) is 19.3. The third kappa shape index (κ3) is 4.96. The minimum absolute atomic E-state index is 0.234. The van der Waals surface area contributed by atoms with Gasteiger partial charge in [-0.25, -0.2) is 0 Å². The number of anilines is 1. The van der Waals surface area contributed by atoms with E-state index in [9.17, 15) is 0 Å². The molecule has 0 radical (unpaired) electrons. The van der Waals surface area contributed by atoms with E-state index in [2.05, 4.69) is 103 Å². The summed E-state index contributed by atoms with van der Waals surface area (Å²) in [6.45, 7) is 5.52. The quantitative estimate of drug-likeness (QED) is 0.432. The van der Waals surface area contributed by atoms with Crippen molar-refractivity contribution in [2.45, 2.75) is 39.2 Å². The lowest BCUT2D eigenvalue weighted by Gasteiger charge is -2.27. The molecule has 24 heavy (non-hydrogen) atoms. The molecule has 1 N–H and O–H groups in total. The van der Waals surface area contributed by atoms with Crippen LogP contribution < -0.4 is 10.2 Å². The minimum Gasteiger partial charge on any atom is -0.377 e. The predicted molar refractivity (Wildman–Crippen MR) is 114 cm³/mol. The largest absolute Gasteiger partial charge is 0.377 e. The van der Waals surface area contributed by atoms with Crippen LogP contribution in [0.15, 0.2) is 42.5 Å². The lowest BCUT2D eigenvalue weighted by atomic mass is 9.93. The van der Waals surface area contributed by atoms with Crippen LogP contribution in [0.1, 0.15) is 48.9 Å². The van der Waals surface area contributed by atoms with Crippen LogP contribution in [-0.4, -0.2) is 20.6 Å². The van der Waals surface area contributed by atoms with Gasteiger partial charge in [0.1, 0.15) is 0 Å². The Balaban J connectivity index is 2.39. The van der Waals surface area contributed by atoms with E-state index in [0.29, 0.717) is 0 Å². The summed E-state index contributed by atoms with van der Waals surface area (Å²) in [6, 6.07) is 15.7. The number of unbranched alkanes of at least 4 members (excludes halogenated alkanes) is 2. The Kier molecular flexibility index (Phi) is 7.56. The molecule has 2 aromatic carbocycles. The van der Waals surface area contributed by atoms with Crippen molar-refractivity contribution in [3.05, 3.63) is 62.7 Å². The van der Waals surface area contributed by atoms with E-state index >= 15 is 0 Å². The molecule has 0 saturated heterocycles. The molecule has 0 bridgehead atoms. The van der Waals surface area contributed by atoms with E-state index < -0.39 is 0 Å². The van der Waals surface area contributed by atoms with Crippen LogP contribution in [0.25, 0.3) is 0 Å². The van der Waals surface area contributed by atoms with Gasteiger partial charge in [0.25, 0.3) is 0 Å². The van der Waals surface area contributed by atoms with Gasteiger partial charge in [-0.1, -0.05) is 44.0 Å². The van der Waals surface area contributed by atoms with Crippen molar-refractivity contribution in [3.63, 3.8) is 0 Å². The lowest BCUT2D eigenvalue weighted by Crippen LogP contribution is -2.26. The Morgan fingerprint density at radius 1 is 1.04 bits per heavy atom. The van der Waals surface area contributed by atoms with E-state index in [1.54, 1.807) is 0 Å². The highest BCUT2D eigenvalue weighted by molar-refractivity contribution is 14.1. The molecule has 130 valence electrons. The number of hydrogen-bond donors (Lipinski definition) is 1. The second-order valence-electron chi connectivity index (χ2n) is 6.55. The minimum atomic E-state index is 0.234. The molecule has 1 unspecified atom stereocenters. The van der Waals surface area contributed by atoms with Crippen molar-refractivity contribution in [1.29, 1.82) is 0 Å². The van der Waals surface area contributed by atoms with Crippen LogP contribution in [0.2, 0.25) is 0 Å². The molecule has 0 aliphatic heterocycles. The zero-order valence-corrected chi connectivity index (χ0v) is 17.4. The maximum atomic E-state index is 3.81. The molecule has 0 fully saturated rings. The summed E-state index contributed by atoms with van der Waals surface area (Å²) in [5, 5.41) is 3.81. The smallest absolute Gasteiger partial charge is 0.0599 e. The zero-order valence-electron chi connectivity index (χ0n) is 15.3. The number of halogens is 1. The molecule has 2 aromatic rings. The fourth-order valence-electron chi connectivity index (χ4n) is 3.11. The van der Waals surface area contributed by atoms with Gasteiger partial charge in [-0.3, -0.25) is 0 Å².